The van der Waals surface area contributed by atoms with Gasteiger partial charge in [0, 0.05) is 25.0 Å². The van der Waals surface area contributed by atoms with Crippen LogP contribution < -0.4 is 5.32 Å². The number of aromatic nitrogens is 2. The predicted octanol–water partition coefficient (Wildman–Crippen LogP) is 2.99. The van der Waals surface area contributed by atoms with Crippen molar-refractivity contribution in [2.75, 3.05) is 6.54 Å². The van der Waals surface area contributed by atoms with E-state index < -0.39 is 0 Å². The molecule has 1 heterocycles. The third-order valence-electron chi connectivity index (χ3n) is 3.04. The van der Waals surface area contributed by atoms with Crippen molar-refractivity contribution in [1.29, 1.82) is 0 Å². The zero-order chi connectivity index (χ0) is 13.2. The number of fused-ring (bicyclic) bond motifs is 1. The van der Waals surface area contributed by atoms with Crippen LogP contribution in [-0.2, 0) is 13.0 Å². The molecule has 98 valence electrons. The summed E-state index contributed by atoms with van der Waals surface area (Å²) >= 11 is 0. The van der Waals surface area contributed by atoms with Crippen molar-refractivity contribution in [2.45, 2.75) is 46.2 Å². The van der Waals surface area contributed by atoms with Gasteiger partial charge in [-0.05, 0) is 32.9 Å². The first kappa shape index (κ1) is 13.1. The van der Waals surface area contributed by atoms with E-state index in [9.17, 15) is 0 Å². The lowest BCUT2D eigenvalue weighted by atomic mass is 10.1. The maximum atomic E-state index is 4.68. The van der Waals surface area contributed by atoms with E-state index in [0.717, 1.165) is 25.0 Å². The fraction of sp³-hybridized carbons (Fsp3) is 0.533. The SMILES string of the molecule is CCc1nc2ccccc2n1CCNC(C)(C)C. The molecule has 0 saturated carbocycles. The van der Waals surface area contributed by atoms with E-state index in [0.29, 0.717) is 0 Å². The molecule has 2 rings (SSSR count). The minimum Gasteiger partial charge on any atom is -0.327 e. The van der Waals surface area contributed by atoms with Gasteiger partial charge < -0.3 is 9.88 Å². The molecule has 0 spiro atoms. The minimum atomic E-state index is 0.169. The number of rotatable bonds is 4. The van der Waals surface area contributed by atoms with Crippen molar-refractivity contribution >= 4 is 11.0 Å². The van der Waals surface area contributed by atoms with Gasteiger partial charge in [0.2, 0.25) is 0 Å². The van der Waals surface area contributed by atoms with Gasteiger partial charge in [-0.25, -0.2) is 4.98 Å². The summed E-state index contributed by atoms with van der Waals surface area (Å²) in [4.78, 5) is 4.68. The van der Waals surface area contributed by atoms with Crippen molar-refractivity contribution in [3.63, 3.8) is 0 Å². The van der Waals surface area contributed by atoms with Gasteiger partial charge in [0.1, 0.15) is 5.82 Å². The molecule has 2 aromatic rings. The summed E-state index contributed by atoms with van der Waals surface area (Å²) in [6.07, 6.45) is 0.976. The average molecular weight is 245 g/mol. The Hall–Kier alpha value is -1.35. The summed E-state index contributed by atoms with van der Waals surface area (Å²) < 4.78 is 2.33. The molecule has 0 aliphatic rings. The first-order valence-electron chi connectivity index (χ1n) is 6.70. The Kier molecular flexibility index (Phi) is 3.71. The zero-order valence-electron chi connectivity index (χ0n) is 11.8. The van der Waals surface area contributed by atoms with Gasteiger partial charge in [0.05, 0.1) is 11.0 Å². The maximum Gasteiger partial charge on any atom is 0.109 e. The summed E-state index contributed by atoms with van der Waals surface area (Å²) in [5, 5.41) is 3.53. The molecule has 1 aromatic heterocycles. The number of imidazole rings is 1. The van der Waals surface area contributed by atoms with Crippen LogP contribution in [0.3, 0.4) is 0 Å². The van der Waals surface area contributed by atoms with E-state index in [1.54, 1.807) is 0 Å². The first-order chi connectivity index (χ1) is 8.51. The minimum absolute atomic E-state index is 0.169. The van der Waals surface area contributed by atoms with Gasteiger partial charge >= 0.3 is 0 Å². The van der Waals surface area contributed by atoms with Crippen molar-refractivity contribution in [2.24, 2.45) is 0 Å². The Balaban J connectivity index is 2.20. The Morgan fingerprint density at radius 2 is 1.94 bits per heavy atom. The number of nitrogens with one attached hydrogen (secondary N) is 1. The molecule has 1 aromatic carbocycles. The van der Waals surface area contributed by atoms with Gasteiger partial charge in [0.25, 0.3) is 0 Å². The van der Waals surface area contributed by atoms with Crippen LogP contribution in [0.25, 0.3) is 11.0 Å². The van der Waals surface area contributed by atoms with Gasteiger partial charge in [-0.2, -0.15) is 0 Å². The van der Waals surface area contributed by atoms with E-state index in [1.165, 1.54) is 11.3 Å². The second-order valence-electron chi connectivity index (χ2n) is 5.70. The number of nitrogens with zero attached hydrogens (tertiary/aromatic N) is 2. The molecule has 1 N–H and O–H groups in total. The smallest absolute Gasteiger partial charge is 0.109 e. The van der Waals surface area contributed by atoms with E-state index in [2.05, 4.69) is 60.8 Å². The Morgan fingerprint density at radius 1 is 1.22 bits per heavy atom. The molecule has 0 saturated heterocycles. The highest BCUT2D eigenvalue weighted by Gasteiger charge is 2.11. The van der Waals surface area contributed by atoms with Gasteiger partial charge in [0.15, 0.2) is 0 Å². The van der Waals surface area contributed by atoms with Gasteiger partial charge in [-0.15, -0.1) is 0 Å². The average Bonchev–Trinajstić information content (AvgIpc) is 2.66. The summed E-state index contributed by atoms with van der Waals surface area (Å²) in [5.41, 5.74) is 2.51. The number of aryl methyl sites for hydroxylation is 1. The predicted molar refractivity (Wildman–Crippen MR) is 76.9 cm³/mol. The molecule has 0 amide bonds. The van der Waals surface area contributed by atoms with Crippen LogP contribution in [0.4, 0.5) is 0 Å². The topological polar surface area (TPSA) is 29.9 Å². The van der Waals surface area contributed by atoms with Gasteiger partial charge in [-0.1, -0.05) is 19.1 Å². The molecule has 0 bridgehead atoms. The second-order valence-corrected chi connectivity index (χ2v) is 5.70. The molecular formula is C15H23N3. The van der Waals surface area contributed by atoms with Crippen LogP contribution in [0.15, 0.2) is 24.3 Å². The Morgan fingerprint density at radius 3 is 2.61 bits per heavy atom. The number of hydrogen-bond donors (Lipinski definition) is 1. The van der Waals surface area contributed by atoms with Crippen molar-refractivity contribution in [1.82, 2.24) is 14.9 Å². The van der Waals surface area contributed by atoms with Crippen LogP contribution in [-0.4, -0.2) is 21.6 Å². The fourth-order valence-electron chi connectivity index (χ4n) is 2.19. The molecule has 0 aliphatic heterocycles. The number of hydrogen-bond acceptors (Lipinski definition) is 2. The molecule has 0 aliphatic carbocycles. The highest BCUT2D eigenvalue weighted by molar-refractivity contribution is 5.75. The molecule has 0 radical (unpaired) electrons. The van der Waals surface area contributed by atoms with Crippen LogP contribution in [0.2, 0.25) is 0 Å². The third-order valence-corrected chi connectivity index (χ3v) is 3.04. The summed E-state index contributed by atoms with van der Waals surface area (Å²) in [5.74, 6) is 1.17. The summed E-state index contributed by atoms with van der Waals surface area (Å²) in [6.45, 7) is 10.7. The Bertz CT molecular complexity index is 520. The van der Waals surface area contributed by atoms with Crippen LogP contribution in [0.1, 0.15) is 33.5 Å². The quantitative estimate of drug-likeness (QED) is 0.897. The standard InChI is InChI=1S/C15H23N3/c1-5-14-17-12-8-6-7-9-13(12)18(14)11-10-16-15(2,3)4/h6-9,16H,5,10-11H2,1-4H3. The van der Waals surface area contributed by atoms with Crippen molar-refractivity contribution < 1.29 is 0 Å². The highest BCUT2D eigenvalue weighted by atomic mass is 15.1. The monoisotopic (exact) mass is 245 g/mol. The molecule has 0 unspecified atom stereocenters. The zero-order valence-corrected chi connectivity index (χ0v) is 11.8. The van der Waals surface area contributed by atoms with Crippen molar-refractivity contribution in [3.05, 3.63) is 30.1 Å². The largest absolute Gasteiger partial charge is 0.327 e. The van der Waals surface area contributed by atoms with E-state index in [-0.39, 0.29) is 5.54 Å². The molecule has 0 atom stereocenters. The van der Waals surface area contributed by atoms with Crippen LogP contribution >= 0.6 is 0 Å². The lowest BCUT2D eigenvalue weighted by Crippen LogP contribution is -2.38. The first-order valence-corrected chi connectivity index (χ1v) is 6.70. The van der Waals surface area contributed by atoms with Crippen LogP contribution in [0, 0.1) is 0 Å². The van der Waals surface area contributed by atoms with E-state index in [4.69, 9.17) is 0 Å². The number of para-hydroxylation sites is 2. The fourth-order valence-corrected chi connectivity index (χ4v) is 2.19. The highest BCUT2D eigenvalue weighted by Crippen LogP contribution is 2.16. The molecule has 3 heteroatoms. The molecular weight excluding hydrogens is 222 g/mol. The van der Waals surface area contributed by atoms with Crippen LogP contribution in [0.5, 0.6) is 0 Å². The molecule has 3 nitrogen and oxygen atoms in total. The lowest BCUT2D eigenvalue weighted by Gasteiger charge is -2.21. The summed E-state index contributed by atoms with van der Waals surface area (Å²) in [7, 11) is 0. The van der Waals surface area contributed by atoms with Crippen molar-refractivity contribution in [3.8, 4) is 0 Å². The maximum absolute atomic E-state index is 4.68. The van der Waals surface area contributed by atoms with E-state index >= 15 is 0 Å². The molecule has 18 heavy (non-hydrogen) atoms. The number of benzene rings is 1. The Labute approximate surface area is 109 Å². The third kappa shape index (κ3) is 2.91. The molecule has 0 fully saturated rings. The second kappa shape index (κ2) is 5.11. The van der Waals surface area contributed by atoms with E-state index in [1.807, 2.05) is 6.07 Å². The normalized spacial score (nSPS) is 12.2. The lowest BCUT2D eigenvalue weighted by molar-refractivity contribution is 0.412. The van der Waals surface area contributed by atoms with Gasteiger partial charge in [-0.3, -0.25) is 0 Å². The summed E-state index contributed by atoms with van der Waals surface area (Å²) in [6, 6.07) is 8.37.